The standard InChI is InChI=1S/C28H17N3S/c1-2-8-18(9-3-1)25-22-11-4-6-12-23(22)29-28(30-25)31-24-13-7-5-10-20(24)21-15-14-19-16-17-32-27(19)26(21)31/h1-17H. The number of benzene rings is 4. The van der Waals surface area contributed by atoms with Crippen molar-refractivity contribution in [2.45, 2.75) is 0 Å². The smallest absolute Gasteiger partial charge is 0.235 e. The van der Waals surface area contributed by atoms with E-state index in [-0.39, 0.29) is 0 Å². The average molecular weight is 428 g/mol. The average Bonchev–Trinajstić information content (AvgIpc) is 3.46. The number of hydrogen-bond donors (Lipinski definition) is 0. The molecule has 0 unspecified atom stereocenters. The highest BCUT2D eigenvalue weighted by molar-refractivity contribution is 7.18. The predicted octanol–water partition coefficient (Wildman–Crippen LogP) is 7.61. The Balaban J connectivity index is 1.67. The van der Waals surface area contributed by atoms with E-state index >= 15 is 0 Å². The van der Waals surface area contributed by atoms with Gasteiger partial charge in [0.25, 0.3) is 0 Å². The number of hydrogen-bond acceptors (Lipinski definition) is 3. The van der Waals surface area contributed by atoms with Crippen molar-refractivity contribution in [3.8, 4) is 17.2 Å². The Morgan fingerprint density at radius 1 is 0.625 bits per heavy atom. The third-order valence-electron chi connectivity index (χ3n) is 6.09. The van der Waals surface area contributed by atoms with E-state index in [1.165, 1.54) is 26.4 Å². The highest BCUT2D eigenvalue weighted by atomic mass is 32.1. The van der Waals surface area contributed by atoms with Crippen LogP contribution in [0, 0.1) is 0 Å². The van der Waals surface area contributed by atoms with Gasteiger partial charge in [-0.15, -0.1) is 11.3 Å². The van der Waals surface area contributed by atoms with Gasteiger partial charge in [0.15, 0.2) is 0 Å². The second kappa shape index (κ2) is 6.74. The van der Waals surface area contributed by atoms with Crippen LogP contribution in [0.5, 0.6) is 0 Å². The van der Waals surface area contributed by atoms with Crippen molar-refractivity contribution < 1.29 is 0 Å². The predicted molar refractivity (Wildman–Crippen MR) is 135 cm³/mol. The van der Waals surface area contributed by atoms with Crippen LogP contribution < -0.4 is 0 Å². The fraction of sp³-hybridized carbons (Fsp3) is 0. The molecule has 4 aromatic carbocycles. The van der Waals surface area contributed by atoms with E-state index in [9.17, 15) is 0 Å². The zero-order valence-electron chi connectivity index (χ0n) is 17.1. The molecule has 0 spiro atoms. The molecule has 3 heterocycles. The van der Waals surface area contributed by atoms with Crippen molar-refractivity contribution in [2.24, 2.45) is 0 Å². The monoisotopic (exact) mass is 427 g/mol. The Labute approximate surface area is 188 Å². The summed E-state index contributed by atoms with van der Waals surface area (Å²) < 4.78 is 3.50. The van der Waals surface area contributed by atoms with Crippen LogP contribution in [0.15, 0.2) is 102 Å². The Hall–Kier alpha value is -4.02. The van der Waals surface area contributed by atoms with Gasteiger partial charge in [-0.2, -0.15) is 0 Å². The van der Waals surface area contributed by atoms with Gasteiger partial charge in [0.05, 0.1) is 26.9 Å². The van der Waals surface area contributed by atoms with Crippen molar-refractivity contribution in [3.63, 3.8) is 0 Å². The van der Waals surface area contributed by atoms with Crippen LogP contribution in [0.25, 0.3) is 60.0 Å². The van der Waals surface area contributed by atoms with Crippen LogP contribution in [0.4, 0.5) is 0 Å². The lowest BCUT2D eigenvalue weighted by Crippen LogP contribution is -2.03. The summed E-state index contributed by atoms with van der Waals surface area (Å²) in [5, 5.41) is 6.91. The van der Waals surface area contributed by atoms with Crippen molar-refractivity contribution in [3.05, 3.63) is 102 Å². The molecule has 0 aliphatic heterocycles. The molecule has 4 heteroatoms. The molecule has 3 nitrogen and oxygen atoms in total. The molecule has 0 radical (unpaired) electrons. The quantitative estimate of drug-likeness (QED) is 0.284. The summed E-state index contributed by atoms with van der Waals surface area (Å²) >= 11 is 1.77. The highest BCUT2D eigenvalue weighted by Crippen LogP contribution is 2.38. The van der Waals surface area contributed by atoms with E-state index < -0.39 is 0 Å². The van der Waals surface area contributed by atoms with Crippen LogP contribution in [-0.4, -0.2) is 14.5 Å². The van der Waals surface area contributed by atoms with Crippen molar-refractivity contribution in [1.29, 1.82) is 0 Å². The van der Waals surface area contributed by atoms with Crippen LogP contribution in [0.1, 0.15) is 0 Å². The molecule has 0 bridgehead atoms. The molecule has 0 saturated heterocycles. The van der Waals surface area contributed by atoms with Crippen molar-refractivity contribution in [2.75, 3.05) is 0 Å². The first-order valence-corrected chi connectivity index (χ1v) is 11.5. The minimum absolute atomic E-state index is 0.703. The summed E-state index contributed by atoms with van der Waals surface area (Å²) in [6.45, 7) is 0. The molecule has 32 heavy (non-hydrogen) atoms. The largest absolute Gasteiger partial charge is 0.276 e. The van der Waals surface area contributed by atoms with Gasteiger partial charge in [0.1, 0.15) is 0 Å². The maximum atomic E-state index is 5.16. The molecule has 0 aliphatic rings. The van der Waals surface area contributed by atoms with Gasteiger partial charge in [0.2, 0.25) is 5.95 Å². The Bertz CT molecular complexity index is 1780. The molecule has 0 amide bonds. The van der Waals surface area contributed by atoms with E-state index in [0.717, 1.165) is 27.7 Å². The van der Waals surface area contributed by atoms with Crippen LogP contribution in [0.2, 0.25) is 0 Å². The molecular formula is C28H17N3S. The second-order valence-corrected chi connectivity index (χ2v) is 8.82. The fourth-order valence-electron chi connectivity index (χ4n) is 4.66. The number of rotatable bonds is 2. The lowest BCUT2D eigenvalue weighted by molar-refractivity contribution is 1.02. The summed E-state index contributed by atoms with van der Waals surface area (Å²) in [5.41, 5.74) is 5.29. The topological polar surface area (TPSA) is 30.7 Å². The van der Waals surface area contributed by atoms with Crippen LogP contribution in [0.3, 0.4) is 0 Å². The number of nitrogens with zero attached hydrogens (tertiary/aromatic N) is 3. The first-order valence-electron chi connectivity index (χ1n) is 10.6. The lowest BCUT2D eigenvalue weighted by atomic mass is 10.1. The normalized spacial score (nSPS) is 11.8. The summed E-state index contributed by atoms with van der Waals surface area (Å²) in [7, 11) is 0. The Morgan fingerprint density at radius 2 is 1.41 bits per heavy atom. The van der Waals surface area contributed by atoms with E-state index in [0.29, 0.717) is 5.95 Å². The van der Waals surface area contributed by atoms with Gasteiger partial charge < -0.3 is 0 Å². The van der Waals surface area contributed by atoms with E-state index in [4.69, 9.17) is 9.97 Å². The Morgan fingerprint density at radius 3 is 2.31 bits per heavy atom. The summed E-state index contributed by atoms with van der Waals surface area (Å²) in [6, 6.07) is 33.8. The first-order chi connectivity index (χ1) is 15.9. The third kappa shape index (κ3) is 2.47. The molecule has 7 aromatic rings. The van der Waals surface area contributed by atoms with E-state index in [1.54, 1.807) is 11.3 Å². The van der Waals surface area contributed by atoms with Gasteiger partial charge in [-0.25, -0.2) is 9.97 Å². The van der Waals surface area contributed by atoms with Crippen LogP contribution >= 0.6 is 11.3 Å². The number of para-hydroxylation sites is 2. The van der Waals surface area contributed by atoms with Gasteiger partial charge in [-0.3, -0.25) is 4.57 Å². The van der Waals surface area contributed by atoms with Gasteiger partial charge in [-0.05, 0) is 29.0 Å². The fourth-order valence-corrected chi connectivity index (χ4v) is 5.60. The van der Waals surface area contributed by atoms with E-state index in [1.807, 2.05) is 18.2 Å². The Kier molecular flexibility index (Phi) is 3.72. The maximum Gasteiger partial charge on any atom is 0.235 e. The van der Waals surface area contributed by atoms with E-state index in [2.05, 4.69) is 88.8 Å². The molecule has 0 aliphatic carbocycles. The molecular weight excluding hydrogens is 410 g/mol. The van der Waals surface area contributed by atoms with Crippen molar-refractivity contribution >= 4 is 54.1 Å². The minimum atomic E-state index is 0.703. The number of fused-ring (bicyclic) bond motifs is 6. The maximum absolute atomic E-state index is 5.16. The first kappa shape index (κ1) is 17.6. The van der Waals surface area contributed by atoms with Gasteiger partial charge in [0, 0.05) is 21.7 Å². The van der Waals surface area contributed by atoms with Gasteiger partial charge in [-0.1, -0.05) is 78.9 Å². The van der Waals surface area contributed by atoms with Crippen molar-refractivity contribution in [1.82, 2.24) is 14.5 Å². The summed E-state index contributed by atoms with van der Waals surface area (Å²) in [5.74, 6) is 0.703. The van der Waals surface area contributed by atoms with Gasteiger partial charge >= 0.3 is 0 Å². The summed E-state index contributed by atoms with van der Waals surface area (Å²) in [4.78, 5) is 10.2. The molecule has 0 saturated carbocycles. The zero-order chi connectivity index (χ0) is 21.1. The highest BCUT2D eigenvalue weighted by Gasteiger charge is 2.19. The molecule has 0 atom stereocenters. The number of thiophene rings is 1. The number of aromatic nitrogens is 3. The molecule has 7 rings (SSSR count). The molecule has 3 aromatic heterocycles. The van der Waals surface area contributed by atoms with Crippen LogP contribution in [-0.2, 0) is 0 Å². The molecule has 0 fully saturated rings. The SMILES string of the molecule is c1ccc(-c2nc(-n3c4ccccc4c4ccc5ccsc5c43)nc3ccccc23)cc1. The zero-order valence-corrected chi connectivity index (χ0v) is 17.9. The molecule has 0 N–H and O–H groups in total. The second-order valence-electron chi connectivity index (χ2n) is 7.91. The molecule has 150 valence electrons. The minimum Gasteiger partial charge on any atom is -0.276 e. The third-order valence-corrected chi connectivity index (χ3v) is 7.03. The lowest BCUT2D eigenvalue weighted by Gasteiger charge is -2.12. The summed E-state index contributed by atoms with van der Waals surface area (Å²) in [6.07, 6.45) is 0.